The van der Waals surface area contributed by atoms with E-state index >= 15 is 0 Å². The number of hydrogen-bond acceptors (Lipinski definition) is 3. The van der Waals surface area contributed by atoms with E-state index in [9.17, 15) is 8.42 Å². The van der Waals surface area contributed by atoms with Gasteiger partial charge in [-0.05, 0) is 18.0 Å². The molecule has 0 N–H and O–H groups in total. The lowest BCUT2D eigenvalue weighted by atomic mass is 10.2. The fraction of sp³-hybridized carbons (Fsp3) is 0.667. The van der Waals surface area contributed by atoms with Crippen molar-refractivity contribution >= 4 is 9.84 Å². The predicted molar refractivity (Wildman–Crippen MR) is 45.4 cm³/mol. The van der Waals surface area contributed by atoms with Crippen molar-refractivity contribution in [1.82, 2.24) is 0 Å². The fourth-order valence-corrected chi connectivity index (χ4v) is 3.00. The van der Waals surface area contributed by atoms with Gasteiger partial charge in [0.25, 0.3) is 0 Å². The van der Waals surface area contributed by atoms with Gasteiger partial charge in [0.1, 0.15) is 0 Å². The van der Waals surface area contributed by atoms with E-state index in [1.54, 1.807) is 6.92 Å². The van der Waals surface area contributed by atoms with Gasteiger partial charge >= 0.3 is 0 Å². The van der Waals surface area contributed by atoms with E-state index in [2.05, 4.69) is 10.0 Å². The lowest BCUT2D eigenvalue weighted by Crippen LogP contribution is -2.03. The van der Waals surface area contributed by atoms with Crippen molar-refractivity contribution in [3.05, 3.63) is 21.6 Å². The molecule has 1 aliphatic heterocycles. The van der Waals surface area contributed by atoms with Crippen molar-refractivity contribution in [1.29, 1.82) is 0 Å². The largest absolute Gasteiger partial charge is 0.228 e. The second-order valence-electron chi connectivity index (χ2n) is 2.81. The maximum atomic E-state index is 11.0. The number of nitrogens with zero attached hydrogens (tertiary/aromatic N) is 3. The van der Waals surface area contributed by atoms with Crippen LogP contribution in [0.15, 0.2) is 16.3 Å². The zero-order valence-corrected chi connectivity index (χ0v) is 7.50. The molecule has 0 aromatic heterocycles. The van der Waals surface area contributed by atoms with Crippen molar-refractivity contribution in [2.24, 2.45) is 5.11 Å². The SMILES string of the molecule is CC1=C(CN=[N+]=[N-])CS(=O)(=O)C1. The summed E-state index contributed by atoms with van der Waals surface area (Å²) in [5, 5.41) is 3.33. The van der Waals surface area contributed by atoms with Gasteiger partial charge in [0, 0.05) is 11.5 Å². The maximum Gasteiger partial charge on any atom is 0.157 e. The van der Waals surface area contributed by atoms with Crippen LogP contribution in [-0.4, -0.2) is 26.5 Å². The molecule has 1 rings (SSSR count). The zero-order valence-electron chi connectivity index (χ0n) is 6.69. The molecule has 5 nitrogen and oxygen atoms in total. The molecule has 0 unspecified atom stereocenters. The first-order valence-corrected chi connectivity index (χ1v) is 5.26. The first kappa shape index (κ1) is 9.09. The van der Waals surface area contributed by atoms with Crippen LogP contribution in [0.25, 0.3) is 10.4 Å². The second-order valence-corrected chi connectivity index (χ2v) is 4.87. The summed E-state index contributed by atoms with van der Waals surface area (Å²) in [6, 6.07) is 0. The lowest BCUT2D eigenvalue weighted by molar-refractivity contribution is 0.602. The summed E-state index contributed by atoms with van der Waals surface area (Å²) >= 11 is 0. The van der Waals surface area contributed by atoms with E-state index in [-0.39, 0.29) is 18.1 Å². The lowest BCUT2D eigenvalue weighted by Gasteiger charge is -1.93. The molecule has 0 aromatic carbocycles. The highest BCUT2D eigenvalue weighted by Gasteiger charge is 2.23. The highest BCUT2D eigenvalue weighted by atomic mass is 32.2. The molecular weight excluding hydrogens is 178 g/mol. The molecule has 0 amide bonds. The summed E-state index contributed by atoms with van der Waals surface area (Å²) in [5.74, 6) is 0.168. The maximum absolute atomic E-state index is 11.0. The van der Waals surface area contributed by atoms with Crippen LogP contribution in [0.1, 0.15) is 6.92 Å². The summed E-state index contributed by atoms with van der Waals surface area (Å²) in [6.07, 6.45) is 0. The predicted octanol–water partition coefficient (Wildman–Crippen LogP) is 1.04. The number of hydrogen-bond donors (Lipinski definition) is 0. The fourth-order valence-electron chi connectivity index (χ4n) is 1.17. The molecule has 0 spiro atoms. The summed E-state index contributed by atoms with van der Waals surface area (Å²) in [5.41, 5.74) is 9.59. The third-order valence-electron chi connectivity index (χ3n) is 1.76. The molecule has 0 saturated carbocycles. The standard InChI is InChI=1S/C6H9N3O2S/c1-5-3-12(10,11)4-6(5)2-8-9-7/h2-4H2,1H3. The molecule has 0 aliphatic carbocycles. The van der Waals surface area contributed by atoms with Gasteiger partial charge in [-0.15, -0.1) is 0 Å². The second kappa shape index (κ2) is 3.16. The van der Waals surface area contributed by atoms with Crippen LogP contribution in [0, 0.1) is 0 Å². The van der Waals surface area contributed by atoms with Gasteiger partial charge in [-0.2, -0.15) is 0 Å². The smallest absolute Gasteiger partial charge is 0.157 e. The Labute approximate surface area is 70.6 Å². The molecule has 0 atom stereocenters. The van der Waals surface area contributed by atoms with Crippen molar-refractivity contribution < 1.29 is 8.42 Å². The van der Waals surface area contributed by atoms with E-state index in [1.807, 2.05) is 0 Å². The summed E-state index contributed by atoms with van der Waals surface area (Å²) < 4.78 is 22.1. The average molecular weight is 187 g/mol. The van der Waals surface area contributed by atoms with E-state index in [1.165, 1.54) is 0 Å². The first-order chi connectivity index (χ1) is 5.55. The first-order valence-electron chi connectivity index (χ1n) is 3.44. The normalized spacial score (nSPS) is 20.8. The Hall–Kier alpha value is -1.00. The minimum atomic E-state index is -2.93. The molecule has 12 heavy (non-hydrogen) atoms. The minimum absolute atomic E-state index is 0.0534. The Morgan fingerprint density at radius 3 is 2.67 bits per heavy atom. The van der Waals surface area contributed by atoms with Crippen LogP contribution in [-0.2, 0) is 9.84 Å². The van der Waals surface area contributed by atoms with Crippen LogP contribution in [0.4, 0.5) is 0 Å². The van der Waals surface area contributed by atoms with Gasteiger partial charge in [0.2, 0.25) is 0 Å². The third kappa shape index (κ3) is 1.99. The topological polar surface area (TPSA) is 82.9 Å². The number of rotatable bonds is 2. The highest BCUT2D eigenvalue weighted by Crippen LogP contribution is 2.19. The molecule has 1 heterocycles. The van der Waals surface area contributed by atoms with Crippen molar-refractivity contribution in [2.75, 3.05) is 18.1 Å². The van der Waals surface area contributed by atoms with Gasteiger partial charge in [-0.1, -0.05) is 10.7 Å². The van der Waals surface area contributed by atoms with Crippen LogP contribution in [0.2, 0.25) is 0 Å². The van der Waals surface area contributed by atoms with Gasteiger partial charge in [-0.3, -0.25) is 0 Å². The Morgan fingerprint density at radius 2 is 2.25 bits per heavy atom. The summed E-state index contributed by atoms with van der Waals surface area (Å²) in [7, 11) is -2.93. The highest BCUT2D eigenvalue weighted by molar-refractivity contribution is 7.92. The average Bonchev–Trinajstić information content (AvgIpc) is 2.20. The van der Waals surface area contributed by atoms with Gasteiger partial charge in [-0.25, -0.2) is 8.42 Å². The summed E-state index contributed by atoms with van der Waals surface area (Å²) in [4.78, 5) is 2.58. The van der Waals surface area contributed by atoms with Crippen LogP contribution >= 0.6 is 0 Å². The van der Waals surface area contributed by atoms with Gasteiger partial charge in [0.15, 0.2) is 9.84 Å². The van der Waals surface area contributed by atoms with Crippen molar-refractivity contribution in [3.63, 3.8) is 0 Å². The molecule has 0 radical (unpaired) electrons. The van der Waals surface area contributed by atoms with Crippen molar-refractivity contribution in [2.45, 2.75) is 6.92 Å². The molecule has 1 aliphatic rings. The Morgan fingerprint density at radius 1 is 1.58 bits per heavy atom. The molecule has 0 bridgehead atoms. The van der Waals surface area contributed by atoms with Crippen LogP contribution in [0.5, 0.6) is 0 Å². The van der Waals surface area contributed by atoms with Crippen LogP contribution < -0.4 is 0 Å². The van der Waals surface area contributed by atoms with Crippen LogP contribution in [0.3, 0.4) is 0 Å². The van der Waals surface area contributed by atoms with Crippen molar-refractivity contribution in [3.8, 4) is 0 Å². The third-order valence-corrected chi connectivity index (χ3v) is 3.42. The van der Waals surface area contributed by atoms with E-state index < -0.39 is 9.84 Å². The zero-order chi connectivity index (χ0) is 9.19. The number of sulfone groups is 1. The molecule has 6 heteroatoms. The minimum Gasteiger partial charge on any atom is -0.228 e. The molecule has 0 fully saturated rings. The quantitative estimate of drug-likeness (QED) is 0.280. The summed E-state index contributed by atoms with van der Waals surface area (Å²) in [6.45, 7) is 1.94. The van der Waals surface area contributed by atoms with E-state index in [4.69, 9.17) is 5.53 Å². The monoisotopic (exact) mass is 187 g/mol. The van der Waals surface area contributed by atoms with Gasteiger partial charge in [0.05, 0.1) is 11.5 Å². The van der Waals surface area contributed by atoms with Gasteiger partial charge < -0.3 is 0 Å². The van der Waals surface area contributed by atoms with E-state index in [0.717, 1.165) is 11.1 Å². The molecule has 0 aromatic rings. The number of azide groups is 1. The Balaban J connectivity index is 2.79. The Bertz CT molecular complexity index is 362. The Kier molecular flexibility index (Phi) is 2.40. The molecule has 66 valence electrons. The molecular formula is C6H9N3O2S. The van der Waals surface area contributed by atoms with E-state index in [0.29, 0.717) is 0 Å². The molecule has 0 saturated heterocycles.